The third-order valence-corrected chi connectivity index (χ3v) is 3.97. The summed E-state index contributed by atoms with van der Waals surface area (Å²) in [6.45, 7) is 6.15. The summed E-state index contributed by atoms with van der Waals surface area (Å²) in [6, 6.07) is 9.66. The minimum Gasteiger partial charge on any atom is -0.494 e. The molecule has 0 unspecified atom stereocenters. The van der Waals surface area contributed by atoms with Crippen molar-refractivity contribution in [1.29, 1.82) is 0 Å². The molecular weight excluding hydrogens is 296 g/mol. The molecule has 0 amide bonds. The van der Waals surface area contributed by atoms with Crippen molar-refractivity contribution in [2.45, 2.75) is 20.8 Å². The van der Waals surface area contributed by atoms with E-state index in [1.54, 1.807) is 12.3 Å². The molecule has 3 rings (SSSR count). The van der Waals surface area contributed by atoms with Crippen LogP contribution in [-0.4, -0.2) is 16.3 Å². The summed E-state index contributed by atoms with van der Waals surface area (Å²) in [5.74, 6) is 0.100. The van der Waals surface area contributed by atoms with Crippen molar-refractivity contribution in [2.75, 3.05) is 0 Å². The summed E-state index contributed by atoms with van der Waals surface area (Å²) in [4.78, 5) is 7.52. The highest BCUT2D eigenvalue weighted by atomic mass is 35.5. The molecule has 2 N–H and O–H groups in total. The van der Waals surface area contributed by atoms with Crippen LogP contribution in [-0.2, 0) is 0 Å². The number of aromatic hydroxyl groups is 1. The summed E-state index contributed by atoms with van der Waals surface area (Å²) in [6.07, 6.45) is 1.69. The Morgan fingerprint density at radius 2 is 1.77 bits per heavy atom. The van der Waals surface area contributed by atoms with Gasteiger partial charge in [0.25, 0.3) is 0 Å². The fourth-order valence-corrected chi connectivity index (χ4v) is 2.98. The molecule has 2 aromatic carbocycles. The van der Waals surface area contributed by atoms with E-state index in [1.807, 2.05) is 26.0 Å². The monoisotopic (exact) mass is 312 g/mol. The lowest BCUT2D eigenvalue weighted by Crippen LogP contribution is -1.85. The summed E-state index contributed by atoms with van der Waals surface area (Å²) < 4.78 is 0. The summed E-state index contributed by atoms with van der Waals surface area (Å²) >= 11 is 6.04. The second kappa shape index (κ2) is 5.50. The molecule has 0 fully saturated rings. The van der Waals surface area contributed by atoms with Crippen LogP contribution in [0.5, 0.6) is 5.88 Å². The van der Waals surface area contributed by atoms with Crippen LogP contribution in [0, 0.1) is 20.8 Å². The molecule has 0 aliphatic heterocycles. The van der Waals surface area contributed by atoms with Crippen molar-refractivity contribution in [3.05, 3.63) is 57.6 Å². The molecule has 112 valence electrons. The topological polar surface area (TPSA) is 48.4 Å². The van der Waals surface area contributed by atoms with Gasteiger partial charge in [-0.25, -0.2) is 0 Å². The first kappa shape index (κ1) is 14.7. The quantitative estimate of drug-likeness (QED) is 0.627. The van der Waals surface area contributed by atoms with Gasteiger partial charge in [0.1, 0.15) is 0 Å². The van der Waals surface area contributed by atoms with Crippen LogP contribution in [0.1, 0.15) is 22.3 Å². The lowest BCUT2D eigenvalue weighted by molar-refractivity contribution is 0.457. The van der Waals surface area contributed by atoms with E-state index < -0.39 is 0 Å². The van der Waals surface area contributed by atoms with Gasteiger partial charge < -0.3 is 10.1 Å². The molecule has 0 aliphatic rings. The number of aromatic amines is 1. The van der Waals surface area contributed by atoms with E-state index in [0.29, 0.717) is 10.6 Å². The summed E-state index contributed by atoms with van der Waals surface area (Å²) in [7, 11) is 0. The Bertz CT molecular complexity index is 870. The number of aryl methyl sites for hydroxylation is 3. The van der Waals surface area contributed by atoms with Crippen LogP contribution in [0.15, 0.2) is 35.3 Å². The molecule has 3 aromatic rings. The SMILES string of the molecule is Cc1cc(C)c(N=Cc2c(O)[nH]c3ccc(Cl)cc23)c(C)c1. The maximum atomic E-state index is 10.1. The third-order valence-electron chi connectivity index (χ3n) is 3.74. The number of benzene rings is 2. The minimum atomic E-state index is 0.100. The van der Waals surface area contributed by atoms with Gasteiger partial charge in [-0.2, -0.15) is 0 Å². The fraction of sp³-hybridized carbons (Fsp3) is 0.167. The van der Waals surface area contributed by atoms with E-state index in [9.17, 15) is 5.11 Å². The molecule has 0 saturated carbocycles. The van der Waals surface area contributed by atoms with Crippen molar-refractivity contribution in [1.82, 2.24) is 4.98 Å². The number of hydrogen-bond donors (Lipinski definition) is 2. The highest BCUT2D eigenvalue weighted by molar-refractivity contribution is 6.31. The number of aliphatic imine (C=N–C) groups is 1. The standard InChI is InChI=1S/C18H17ClN2O/c1-10-6-11(2)17(12(3)7-10)20-9-15-14-8-13(19)4-5-16(14)21-18(15)22/h4-9,21-22H,1-3H3. The van der Waals surface area contributed by atoms with Crippen LogP contribution in [0.3, 0.4) is 0 Å². The Hall–Kier alpha value is -2.26. The van der Waals surface area contributed by atoms with Crippen molar-refractivity contribution in [3.63, 3.8) is 0 Å². The van der Waals surface area contributed by atoms with Crippen LogP contribution in [0.2, 0.25) is 5.02 Å². The van der Waals surface area contributed by atoms with Gasteiger partial charge in [-0.05, 0) is 50.1 Å². The zero-order valence-corrected chi connectivity index (χ0v) is 13.5. The van der Waals surface area contributed by atoms with E-state index in [4.69, 9.17) is 11.6 Å². The molecule has 0 spiro atoms. The molecule has 0 saturated heterocycles. The van der Waals surface area contributed by atoms with E-state index in [-0.39, 0.29) is 5.88 Å². The van der Waals surface area contributed by atoms with E-state index >= 15 is 0 Å². The smallest absolute Gasteiger partial charge is 0.198 e. The van der Waals surface area contributed by atoms with Crippen LogP contribution >= 0.6 is 11.6 Å². The molecule has 0 radical (unpaired) electrons. The van der Waals surface area contributed by atoms with E-state index in [0.717, 1.165) is 27.7 Å². The number of halogens is 1. The number of rotatable bonds is 2. The first-order valence-corrected chi connectivity index (χ1v) is 7.45. The predicted molar refractivity (Wildman–Crippen MR) is 92.9 cm³/mol. The van der Waals surface area contributed by atoms with E-state index in [2.05, 4.69) is 29.0 Å². The maximum absolute atomic E-state index is 10.1. The van der Waals surface area contributed by atoms with Crippen molar-refractivity contribution < 1.29 is 5.11 Å². The van der Waals surface area contributed by atoms with Crippen molar-refractivity contribution in [3.8, 4) is 5.88 Å². The zero-order valence-electron chi connectivity index (χ0n) is 12.7. The van der Waals surface area contributed by atoms with E-state index in [1.165, 1.54) is 5.56 Å². The highest BCUT2D eigenvalue weighted by Crippen LogP contribution is 2.30. The Kier molecular flexibility index (Phi) is 3.67. The van der Waals surface area contributed by atoms with Crippen molar-refractivity contribution >= 4 is 34.4 Å². The lowest BCUT2D eigenvalue weighted by atomic mass is 10.1. The zero-order chi connectivity index (χ0) is 15.9. The highest BCUT2D eigenvalue weighted by Gasteiger charge is 2.10. The van der Waals surface area contributed by atoms with Crippen LogP contribution in [0.4, 0.5) is 5.69 Å². The molecule has 3 nitrogen and oxygen atoms in total. The summed E-state index contributed by atoms with van der Waals surface area (Å²) in [5.41, 5.74) is 5.87. The number of nitrogens with zero attached hydrogens (tertiary/aromatic N) is 1. The number of H-pyrrole nitrogens is 1. The average molecular weight is 313 g/mol. The lowest BCUT2D eigenvalue weighted by Gasteiger charge is -2.06. The second-order valence-corrected chi connectivity index (χ2v) is 6.02. The maximum Gasteiger partial charge on any atom is 0.198 e. The Labute approximate surface area is 134 Å². The first-order chi connectivity index (χ1) is 10.5. The normalized spacial score (nSPS) is 11.6. The largest absolute Gasteiger partial charge is 0.494 e. The Morgan fingerprint density at radius 3 is 2.45 bits per heavy atom. The molecule has 0 bridgehead atoms. The van der Waals surface area contributed by atoms with Crippen LogP contribution in [0.25, 0.3) is 10.9 Å². The molecular formula is C18H17ClN2O. The molecule has 22 heavy (non-hydrogen) atoms. The molecule has 0 aliphatic carbocycles. The molecule has 4 heteroatoms. The number of aromatic nitrogens is 1. The summed E-state index contributed by atoms with van der Waals surface area (Å²) in [5, 5.41) is 11.6. The van der Waals surface area contributed by atoms with Gasteiger partial charge in [0.2, 0.25) is 0 Å². The first-order valence-electron chi connectivity index (χ1n) is 7.08. The third kappa shape index (κ3) is 2.60. The van der Waals surface area contributed by atoms with Crippen LogP contribution < -0.4 is 0 Å². The number of hydrogen-bond acceptors (Lipinski definition) is 2. The van der Waals surface area contributed by atoms with Crippen molar-refractivity contribution in [2.24, 2.45) is 4.99 Å². The van der Waals surface area contributed by atoms with Gasteiger partial charge in [-0.1, -0.05) is 29.3 Å². The van der Waals surface area contributed by atoms with Gasteiger partial charge in [-0.15, -0.1) is 0 Å². The van der Waals surface area contributed by atoms with Gasteiger partial charge in [0, 0.05) is 22.1 Å². The average Bonchev–Trinajstić information content (AvgIpc) is 2.73. The number of nitrogens with one attached hydrogen (secondary N) is 1. The molecule has 0 atom stereocenters. The molecule has 1 heterocycles. The number of fused-ring (bicyclic) bond motifs is 1. The van der Waals surface area contributed by atoms with Gasteiger partial charge in [0.15, 0.2) is 5.88 Å². The minimum absolute atomic E-state index is 0.100. The predicted octanol–water partition coefficient (Wildman–Crippen LogP) is 5.20. The van der Waals surface area contributed by atoms with Gasteiger partial charge in [-0.3, -0.25) is 4.99 Å². The van der Waals surface area contributed by atoms with Gasteiger partial charge >= 0.3 is 0 Å². The Morgan fingerprint density at radius 1 is 1.09 bits per heavy atom. The fourth-order valence-electron chi connectivity index (χ4n) is 2.81. The second-order valence-electron chi connectivity index (χ2n) is 5.58. The van der Waals surface area contributed by atoms with Gasteiger partial charge in [0.05, 0.1) is 11.3 Å². The molecule has 1 aromatic heterocycles. The Balaban J connectivity index is 2.10.